The van der Waals surface area contributed by atoms with E-state index in [0.717, 1.165) is 21.2 Å². The summed E-state index contributed by atoms with van der Waals surface area (Å²) in [6.45, 7) is 3.74. The number of rotatable bonds is 10. The van der Waals surface area contributed by atoms with Crippen molar-refractivity contribution in [1.82, 2.24) is 5.32 Å². The van der Waals surface area contributed by atoms with Gasteiger partial charge in [-0.15, -0.1) is 0 Å². The Morgan fingerprint density at radius 1 is 0.941 bits per heavy atom. The normalized spacial score (nSPS) is 11.3. The molecule has 3 rings (SSSR count). The van der Waals surface area contributed by atoms with E-state index in [1.54, 1.807) is 61.2 Å². The van der Waals surface area contributed by atoms with Gasteiger partial charge in [0.15, 0.2) is 0 Å². The highest BCUT2D eigenvalue weighted by molar-refractivity contribution is 7.98. The van der Waals surface area contributed by atoms with Crippen LogP contribution >= 0.6 is 35.0 Å². The Morgan fingerprint density at radius 3 is 2.26 bits per heavy atom. The molecular formula is C25H26Cl2N2O3S2. The molecule has 0 aliphatic heterocycles. The summed E-state index contributed by atoms with van der Waals surface area (Å²) in [5, 5.41) is 3.91. The Bertz CT molecular complexity index is 1230. The second-order valence-corrected chi connectivity index (χ2v) is 11.6. The van der Waals surface area contributed by atoms with Crippen LogP contribution in [0.25, 0.3) is 0 Å². The molecule has 180 valence electrons. The van der Waals surface area contributed by atoms with Crippen LogP contribution in [0.5, 0.6) is 0 Å². The quantitative estimate of drug-likeness (QED) is 0.329. The fourth-order valence-electron chi connectivity index (χ4n) is 3.21. The number of carbonyl (C=O) groups excluding carboxylic acids is 1. The third-order valence-corrected chi connectivity index (χ3v) is 8.38. The molecule has 0 fully saturated rings. The molecule has 0 spiro atoms. The summed E-state index contributed by atoms with van der Waals surface area (Å²) < 4.78 is 28.1. The minimum absolute atomic E-state index is 0.115. The van der Waals surface area contributed by atoms with E-state index in [1.807, 2.05) is 31.2 Å². The van der Waals surface area contributed by atoms with E-state index < -0.39 is 10.0 Å². The molecule has 5 nitrogen and oxygen atoms in total. The van der Waals surface area contributed by atoms with Crippen molar-refractivity contribution in [3.8, 4) is 0 Å². The Morgan fingerprint density at radius 2 is 1.59 bits per heavy atom. The molecule has 3 aromatic rings. The SMILES string of the molecule is Cc1ccc(S(=O)(=O)N(CC(=O)NCCSCc2ccc(Cl)cc2)c2cc(Cl)ccc2C)cc1. The molecule has 1 N–H and O–H groups in total. The lowest BCUT2D eigenvalue weighted by molar-refractivity contribution is -0.119. The highest BCUT2D eigenvalue weighted by atomic mass is 35.5. The molecule has 0 radical (unpaired) electrons. The zero-order valence-corrected chi connectivity index (χ0v) is 22.1. The van der Waals surface area contributed by atoms with Crippen molar-refractivity contribution in [3.63, 3.8) is 0 Å². The van der Waals surface area contributed by atoms with E-state index in [2.05, 4.69) is 5.32 Å². The van der Waals surface area contributed by atoms with Crippen molar-refractivity contribution in [2.24, 2.45) is 0 Å². The van der Waals surface area contributed by atoms with E-state index in [1.165, 1.54) is 0 Å². The molecule has 3 aromatic carbocycles. The number of aryl methyl sites for hydroxylation is 2. The second-order valence-electron chi connectivity index (χ2n) is 7.78. The van der Waals surface area contributed by atoms with E-state index in [9.17, 15) is 13.2 Å². The van der Waals surface area contributed by atoms with E-state index in [-0.39, 0.29) is 17.3 Å². The standard InChI is InChI=1S/C25H26Cl2N2O3S2/c1-18-3-11-23(12-4-18)34(31,32)29(24-15-22(27)8-5-19(24)2)16-25(30)28-13-14-33-17-20-6-9-21(26)10-7-20/h3-12,15H,13-14,16-17H2,1-2H3,(H,28,30). The number of halogens is 2. The average molecular weight is 538 g/mol. The summed E-state index contributed by atoms with van der Waals surface area (Å²) in [4.78, 5) is 12.9. The van der Waals surface area contributed by atoms with Gasteiger partial charge in [-0.3, -0.25) is 9.10 Å². The minimum atomic E-state index is -3.98. The lowest BCUT2D eigenvalue weighted by Crippen LogP contribution is -2.41. The zero-order valence-electron chi connectivity index (χ0n) is 18.9. The molecule has 9 heteroatoms. The van der Waals surface area contributed by atoms with Gasteiger partial charge in [-0.2, -0.15) is 11.8 Å². The topological polar surface area (TPSA) is 66.5 Å². The van der Waals surface area contributed by atoms with Gasteiger partial charge in [0, 0.05) is 28.1 Å². The summed E-state index contributed by atoms with van der Waals surface area (Å²) in [5.74, 6) is 1.10. The summed E-state index contributed by atoms with van der Waals surface area (Å²) in [6.07, 6.45) is 0. The highest BCUT2D eigenvalue weighted by Gasteiger charge is 2.28. The van der Waals surface area contributed by atoms with Crippen LogP contribution in [-0.4, -0.2) is 33.2 Å². The predicted molar refractivity (Wildman–Crippen MR) is 143 cm³/mol. The number of carbonyl (C=O) groups is 1. The van der Waals surface area contributed by atoms with Gasteiger partial charge in [0.1, 0.15) is 6.54 Å². The molecule has 0 aromatic heterocycles. The van der Waals surface area contributed by atoms with Gasteiger partial charge in [-0.05, 0) is 61.4 Å². The molecule has 0 saturated heterocycles. The number of anilines is 1. The van der Waals surface area contributed by atoms with Crippen LogP contribution in [0.4, 0.5) is 5.69 Å². The van der Waals surface area contributed by atoms with Crippen molar-refractivity contribution in [2.45, 2.75) is 24.5 Å². The fraction of sp³-hybridized carbons (Fsp3) is 0.240. The molecular weight excluding hydrogens is 511 g/mol. The first-order valence-electron chi connectivity index (χ1n) is 10.6. The lowest BCUT2D eigenvalue weighted by atomic mass is 10.2. The molecule has 0 atom stereocenters. The zero-order chi connectivity index (χ0) is 24.7. The van der Waals surface area contributed by atoms with Gasteiger partial charge in [-0.25, -0.2) is 8.42 Å². The molecule has 0 bridgehead atoms. The van der Waals surface area contributed by atoms with Crippen molar-refractivity contribution in [2.75, 3.05) is 23.1 Å². The number of benzene rings is 3. The Labute approximate surface area is 215 Å². The molecule has 0 aliphatic carbocycles. The van der Waals surface area contributed by atoms with Crippen LogP contribution < -0.4 is 9.62 Å². The number of hydrogen-bond donors (Lipinski definition) is 1. The van der Waals surface area contributed by atoms with Crippen molar-refractivity contribution in [1.29, 1.82) is 0 Å². The Hall–Kier alpha value is -2.19. The van der Waals surface area contributed by atoms with E-state index in [4.69, 9.17) is 23.2 Å². The Balaban J connectivity index is 1.68. The number of nitrogens with one attached hydrogen (secondary N) is 1. The first kappa shape index (κ1) is 26.4. The van der Waals surface area contributed by atoms with Gasteiger partial charge >= 0.3 is 0 Å². The minimum Gasteiger partial charge on any atom is -0.354 e. The summed E-state index contributed by atoms with van der Waals surface area (Å²) >= 11 is 13.7. The third-order valence-electron chi connectivity index (χ3n) is 5.09. The maximum absolute atomic E-state index is 13.5. The molecule has 0 heterocycles. The van der Waals surface area contributed by atoms with Gasteiger partial charge in [0.25, 0.3) is 10.0 Å². The lowest BCUT2D eigenvalue weighted by Gasteiger charge is -2.26. The van der Waals surface area contributed by atoms with Crippen molar-refractivity contribution in [3.05, 3.63) is 93.5 Å². The van der Waals surface area contributed by atoms with Crippen LogP contribution in [-0.2, 0) is 20.6 Å². The van der Waals surface area contributed by atoms with Gasteiger partial charge in [-0.1, -0.05) is 59.1 Å². The van der Waals surface area contributed by atoms with Gasteiger partial charge in [0.2, 0.25) is 5.91 Å². The average Bonchev–Trinajstić information content (AvgIpc) is 2.80. The Kier molecular flexibility index (Phi) is 9.31. The number of amides is 1. The molecule has 34 heavy (non-hydrogen) atoms. The maximum atomic E-state index is 13.5. The smallest absolute Gasteiger partial charge is 0.264 e. The fourth-order valence-corrected chi connectivity index (χ4v) is 5.80. The number of sulfonamides is 1. The number of hydrogen-bond acceptors (Lipinski definition) is 4. The largest absolute Gasteiger partial charge is 0.354 e. The van der Waals surface area contributed by atoms with Crippen LogP contribution in [0.3, 0.4) is 0 Å². The van der Waals surface area contributed by atoms with Crippen LogP contribution in [0, 0.1) is 13.8 Å². The monoisotopic (exact) mass is 536 g/mol. The number of thioether (sulfide) groups is 1. The van der Waals surface area contributed by atoms with Crippen LogP contribution in [0.1, 0.15) is 16.7 Å². The maximum Gasteiger partial charge on any atom is 0.264 e. The van der Waals surface area contributed by atoms with Crippen LogP contribution in [0.2, 0.25) is 10.0 Å². The number of nitrogens with zero attached hydrogens (tertiary/aromatic N) is 1. The molecule has 0 saturated carbocycles. The first-order valence-corrected chi connectivity index (χ1v) is 14.0. The molecule has 1 amide bonds. The summed E-state index contributed by atoms with van der Waals surface area (Å²) in [7, 11) is -3.98. The van der Waals surface area contributed by atoms with Crippen molar-refractivity contribution >= 4 is 56.6 Å². The predicted octanol–water partition coefficient (Wildman–Crippen LogP) is 5.86. The van der Waals surface area contributed by atoms with E-state index >= 15 is 0 Å². The molecule has 0 aliphatic rings. The van der Waals surface area contributed by atoms with Crippen molar-refractivity contribution < 1.29 is 13.2 Å². The summed E-state index contributed by atoms with van der Waals surface area (Å²) in [6, 6.07) is 19.2. The van der Waals surface area contributed by atoms with E-state index in [0.29, 0.717) is 33.6 Å². The highest BCUT2D eigenvalue weighted by Crippen LogP contribution is 2.29. The summed E-state index contributed by atoms with van der Waals surface area (Å²) in [5.41, 5.74) is 3.16. The molecule has 0 unspecified atom stereocenters. The van der Waals surface area contributed by atoms with Gasteiger partial charge < -0.3 is 5.32 Å². The van der Waals surface area contributed by atoms with Gasteiger partial charge in [0.05, 0.1) is 10.6 Å². The third kappa shape index (κ3) is 7.15. The second kappa shape index (κ2) is 12.0. The first-order chi connectivity index (χ1) is 16.2. The van der Waals surface area contributed by atoms with Crippen LogP contribution in [0.15, 0.2) is 71.6 Å².